The largest absolute Gasteiger partial charge is 0.0885 e. The molecule has 0 aromatic carbocycles. The van der Waals surface area contributed by atoms with Gasteiger partial charge in [0.05, 0.1) is 0 Å². The Labute approximate surface area is 230 Å². The molecule has 214 valence electrons. The van der Waals surface area contributed by atoms with Gasteiger partial charge < -0.3 is 0 Å². The van der Waals surface area contributed by atoms with E-state index in [4.69, 9.17) is 0 Å². The highest BCUT2D eigenvalue weighted by molar-refractivity contribution is 4.82. The van der Waals surface area contributed by atoms with Crippen LogP contribution in [-0.2, 0) is 0 Å². The topological polar surface area (TPSA) is 0 Å². The summed E-state index contributed by atoms with van der Waals surface area (Å²) in [6.45, 7) is 4.60. The Morgan fingerprint density at radius 1 is 0.222 bits per heavy atom. The quantitative estimate of drug-likeness (QED) is 0.0653. The van der Waals surface area contributed by atoms with Gasteiger partial charge in [-0.1, -0.05) is 179 Å². The Morgan fingerprint density at radius 3 is 0.583 bits per heavy atom. The maximum absolute atomic E-state index is 2.46. The van der Waals surface area contributed by atoms with Crippen LogP contribution in [0.4, 0.5) is 0 Å². The van der Waals surface area contributed by atoms with E-state index in [0.29, 0.717) is 0 Å². The van der Waals surface area contributed by atoms with E-state index >= 15 is 0 Å². The third kappa shape index (κ3) is 33.5. The van der Waals surface area contributed by atoms with Crippen molar-refractivity contribution in [1.29, 1.82) is 0 Å². The van der Waals surface area contributed by atoms with Gasteiger partial charge in [0.15, 0.2) is 0 Å². The molecule has 0 aliphatic heterocycles. The summed E-state index contributed by atoms with van der Waals surface area (Å²) in [5.41, 5.74) is 0. The summed E-state index contributed by atoms with van der Waals surface area (Å²) in [5, 5.41) is 0. The van der Waals surface area contributed by atoms with Crippen LogP contribution in [0.5, 0.6) is 0 Å². The zero-order chi connectivity index (χ0) is 26.0. The molecule has 0 spiro atoms. The summed E-state index contributed by atoms with van der Waals surface area (Å²) in [7, 11) is 0. The first-order valence-electron chi connectivity index (χ1n) is 17.2. The van der Waals surface area contributed by atoms with Crippen LogP contribution in [0.15, 0.2) is 24.3 Å². The van der Waals surface area contributed by atoms with Crippen LogP contribution in [-0.4, -0.2) is 0 Å². The van der Waals surface area contributed by atoms with Gasteiger partial charge >= 0.3 is 0 Å². The van der Waals surface area contributed by atoms with Crippen molar-refractivity contribution in [2.75, 3.05) is 0 Å². The lowest BCUT2D eigenvalue weighted by Gasteiger charge is -2.03. The molecule has 0 saturated heterocycles. The first-order valence-corrected chi connectivity index (χ1v) is 17.2. The molecule has 0 saturated carbocycles. The van der Waals surface area contributed by atoms with Crippen LogP contribution < -0.4 is 0 Å². The van der Waals surface area contributed by atoms with Crippen molar-refractivity contribution in [2.24, 2.45) is 0 Å². The molecule has 0 heterocycles. The molecule has 0 amide bonds. The number of hydrogen-bond donors (Lipinski definition) is 0. The van der Waals surface area contributed by atoms with E-state index in [1.807, 2.05) is 0 Å². The smallest absolute Gasteiger partial charge is 0.0351 e. The Morgan fingerprint density at radius 2 is 0.389 bits per heavy atom. The second kappa shape index (κ2) is 34.5. The van der Waals surface area contributed by atoms with Crippen molar-refractivity contribution in [1.82, 2.24) is 0 Å². The van der Waals surface area contributed by atoms with Crippen molar-refractivity contribution in [3.8, 4) is 0 Å². The SMILES string of the molecule is CCCCCCCCC=CCCCCCCC/C=C\CCCCCCCCCCCCCCCCC. The lowest BCUT2D eigenvalue weighted by atomic mass is 10.0. The zero-order valence-corrected chi connectivity index (χ0v) is 25.5. The van der Waals surface area contributed by atoms with Crippen molar-refractivity contribution in [3.63, 3.8) is 0 Å². The Bertz CT molecular complexity index is 418. The summed E-state index contributed by atoms with van der Waals surface area (Å²) >= 11 is 0. The molecule has 0 radical (unpaired) electrons. The molecule has 0 aliphatic rings. The van der Waals surface area contributed by atoms with Crippen molar-refractivity contribution in [3.05, 3.63) is 24.3 Å². The molecule has 0 unspecified atom stereocenters. The summed E-state index contributed by atoms with van der Waals surface area (Å²) in [4.78, 5) is 0. The number of rotatable bonds is 31. The molecule has 0 fully saturated rings. The van der Waals surface area contributed by atoms with Gasteiger partial charge in [-0.2, -0.15) is 0 Å². The molecule has 0 atom stereocenters. The van der Waals surface area contributed by atoms with Gasteiger partial charge in [0.2, 0.25) is 0 Å². The Hall–Kier alpha value is -0.520. The minimum absolute atomic E-state index is 1.30. The molecule has 0 rings (SSSR count). The molecular weight excluding hydrogens is 432 g/mol. The molecule has 36 heavy (non-hydrogen) atoms. The fraction of sp³-hybridized carbons (Fsp3) is 0.889. The van der Waals surface area contributed by atoms with E-state index in [1.165, 1.54) is 193 Å². The Balaban J connectivity index is 3.12. The normalized spacial score (nSPS) is 11.9. The zero-order valence-electron chi connectivity index (χ0n) is 25.5. The summed E-state index contributed by atoms with van der Waals surface area (Å²) in [6.07, 6.45) is 52.4. The maximum Gasteiger partial charge on any atom is -0.0351 e. The average Bonchev–Trinajstić information content (AvgIpc) is 2.89. The lowest BCUT2D eigenvalue weighted by Crippen LogP contribution is -1.83. The van der Waals surface area contributed by atoms with Crippen LogP contribution in [0.25, 0.3) is 0 Å². The summed E-state index contributed by atoms with van der Waals surface area (Å²) in [5.74, 6) is 0. The van der Waals surface area contributed by atoms with Gasteiger partial charge in [0.25, 0.3) is 0 Å². The molecule has 0 aromatic heterocycles. The molecule has 0 bridgehead atoms. The van der Waals surface area contributed by atoms with Gasteiger partial charge in [-0.25, -0.2) is 0 Å². The highest BCUT2D eigenvalue weighted by atomic mass is 14.0. The standard InChI is InChI=1S/C36H70/c1-3-5-7-9-11-13-15-17-19-21-23-25-27-29-31-33-35-36-34-32-30-28-26-24-22-20-18-16-14-12-10-8-6-4-2/h17,19,35-36H,3-16,18,20-34H2,1-2H3/b19-17?,36-35-. The second-order valence-corrected chi connectivity index (χ2v) is 11.6. The van der Waals surface area contributed by atoms with Crippen LogP contribution in [0.1, 0.15) is 206 Å². The van der Waals surface area contributed by atoms with Crippen molar-refractivity contribution >= 4 is 0 Å². The number of unbranched alkanes of at least 4 members (excludes halogenated alkanes) is 27. The highest BCUT2D eigenvalue weighted by Gasteiger charge is 1.94. The van der Waals surface area contributed by atoms with Crippen molar-refractivity contribution in [2.45, 2.75) is 206 Å². The summed E-state index contributed by atoms with van der Waals surface area (Å²) in [6, 6.07) is 0. The molecule has 0 aliphatic carbocycles. The van der Waals surface area contributed by atoms with E-state index in [0.717, 1.165) is 0 Å². The highest BCUT2D eigenvalue weighted by Crippen LogP contribution is 2.14. The van der Waals surface area contributed by atoms with Gasteiger partial charge in [-0.3, -0.25) is 0 Å². The van der Waals surface area contributed by atoms with Crippen LogP contribution in [0, 0.1) is 0 Å². The van der Waals surface area contributed by atoms with Gasteiger partial charge in [0, 0.05) is 0 Å². The monoisotopic (exact) mass is 503 g/mol. The lowest BCUT2D eigenvalue weighted by molar-refractivity contribution is 0.533. The Kier molecular flexibility index (Phi) is 34.0. The van der Waals surface area contributed by atoms with Crippen LogP contribution in [0.3, 0.4) is 0 Å². The van der Waals surface area contributed by atoms with E-state index in [9.17, 15) is 0 Å². The first kappa shape index (κ1) is 35.5. The fourth-order valence-corrected chi connectivity index (χ4v) is 5.20. The second-order valence-electron chi connectivity index (χ2n) is 11.6. The van der Waals surface area contributed by atoms with Gasteiger partial charge in [0.1, 0.15) is 0 Å². The molecule has 0 N–H and O–H groups in total. The molecular formula is C36H70. The van der Waals surface area contributed by atoms with Crippen LogP contribution in [0.2, 0.25) is 0 Å². The maximum atomic E-state index is 2.46. The van der Waals surface area contributed by atoms with Gasteiger partial charge in [-0.05, 0) is 51.4 Å². The predicted molar refractivity (Wildman–Crippen MR) is 168 cm³/mol. The number of allylic oxidation sites excluding steroid dienone is 4. The minimum atomic E-state index is 1.30. The average molecular weight is 503 g/mol. The minimum Gasteiger partial charge on any atom is -0.0885 e. The van der Waals surface area contributed by atoms with E-state index < -0.39 is 0 Å². The first-order chi connectivity index (χ1) is 17.9. The van der Waals surface area contributed by atoms with Crippen molar-refractivity contribution < 1.29 is 0 Å². The fourth-order valence-electron chi connectivity index (χ4n) is 5.20. The molecule has 0 nitrogen and oxygen atoms in total. The van der Waals surface area contributed by atoms with E-state index in [2.05, 4.69) is 38.2 Å². The van der Waals surface area contributed by atoms with Gasteiger partial charge in [-0.15, -0.1) is 0 Å². The predicted octanol–water partition coefficient (Wildman–Crippen LogP) is 13.8. The number of hydrogen-bond acceptors (Lipinski definition) is 0. The van der Waals surface area contributed by atoms with Crippen LogP contribution >= 0.6 is 0 Å². The van der Waals surface area contributed by atoms with E-state index in [1.54, 1.807) is 0 Å². The molecule has 0 heteroatoms. The third-order valence-corrected chi connectivity index (χ3v) is 7.77. The third-order valence-electron chi connectivity index (χ3n) is 7.77. The summed E-state index contributed by atoms with van der Waals surface area (Å²) < 4.78 is 0. The molecule has 0 aromatic rings. The van der Waals surface area contributed by atoms with E-state index in [-0.39, 0.29) is 0 Å².